The molecule has 1 N–H and O–H groups in total. The van der Waals surface area contributed by atoms with Crippen LogP contribution in [0.4, 0.5) is 0 Å². The number of pyridine rings is 2. The third-order valence-electron chi connectivity index (χ3n) is 1.73. The van der Waals surface area contributed by atoms with Crippen molar-refractivity contribution in [3.63, 3.8) is 0 Å². The van der Waals surface area contributed by atoms with Crippen LogP contribution in [0, 0.1) is 0 Å². The van der Waals surface area contributed by atoms with E-state index in [4.69, 9.17) is 0 Å². The Morgan fingerprint density at radius 3 is 1.93 bits per heavy atom. The molecule has 5 heteroatoms. The first kappa shape index (κ1) is 13.6. The number of halogens is 3. The molecule has 0 saturated carbocycles. The van der Waals surface area contributed by atoms with Crippen LogP contribution >= 0.6 is 37.2 Å². The number of nitrogens with zero attached hydrogens (tertiary/aromatic N) is 1. The van der Waals surface area contributed by atoms with Crippen molar-refractivity contribution < 1.29 is 18.2 Å². The Kier molecular flexibility index (Phi) is 7.79. The van der Waals surface area contributed by atoms with Crippen molar-refractivity contribution >= 4 is 37.2 Å². The zero-order valence-corrected chi connectivity index (χ0v) is 14.2. The minimum atomic E-state index is 0.530. The quantitative estimate of drug-likeness (QED) is 0.482. The Morgan fingerprint density at radius 2 is 1.40 bits per heavy atom. The second kappa shape index (κ2) is 8.62. The van der Waals surface area contributed by atoms with E-state index in [1.807, 2.05) is 36.7 Å². The van der Waals surface area contributed by atoms with Gasteiger partial charge >= 0.3 is 50.5 Å². The first-order chi connectivity index (χ1) is 7.38. The molecule has 0 aliphatic rings. The standard InChI is InChI=1S/C10H8N2.I3/c1-5-11-6-2-9(1)10-3-7-12-8-4-10;1-3-2/h1-8H;/q;-1/p+1. The zero-order valence-electron chi connectivity index (χ0n) is 7.70. The smallest absolute Gasteiger partial charge is 0.167 e. The van der Waals surface area contributed by atoms with Crippen LogP contribution < -0.4 is 18.2 Å². The summed E-state index contributed by atoms with van der Waals surface area (Å²) in [7, 11) is 0. The molecule has 0 amide bonds. The fourth-order valence-corrected chi connectivity index (χ4v) is 1.12. The topological polar surface area (TPSA) is 27.0 Å². The summed E-state index contributed by atoms with van der Waals surface area (Å²) in [5.41, 5.74) is 2.40. The Morgan fingerprint density at radius 1 is 0.933 bits per heavy atom. The minimum absolute atomic E-state index is 0.530. The van der Waals surface area contributed by atoms with Gasteiger partial charge in [-0.3, -0.25) is 4.98 Å². The second-order valence-electron chi connectivity index (χ2n) is 2.58. The molecule has 0 unspecified atom stereocenters. The van der Waals surface area contributed by atoms with Gasteiger partial charge in [-0.1, -0.05) is 0 Å². The maximum Gasteiger partial charge on any atom is 0.167 e. The number of H-pyrrole nitrogens is 1. The van der Waals surface area contributed by atoms with E-state index in [0.717, 1.165) is 0 Å². The normalized spacial score (nSPS) is 9.20. The number of hydrogen-bond acceptors (Lipinski definition) is 1. The molecule has 0 spiro atoms. The molecule has 0 fully saturated rings. The van der Waals surface area contributed by atoms with E-state index < -0.39 is 0 Å². The molecular weight excluding hydrogens is 529 g/mol. The average molecular weight is 538 g/mol. The summed E-state index contributed by atoms with van der Waals surface area (Å²) in [5, 5.41) is 0. The summed E-state index contributed by atoms with van der Waals surface area (Å²) in [4.78, 5) is 6.95. The fourth-order valence-electron chi connectivity index (χ4n) is 1.12. The molecule has 80 valence electrons. The molecule has 0 radical (unpaired) electrons. The van der Waals surface area contributed by atoms with Gasteiger partial charge in [-0.25, -0.2) is 4.98 Å². The van der Waals surface area contributed by atoms with Gasteiger partial charge < -0.3 is 0 Å². The maximum atomic E-state index is 3.96. The Labute approximate surface area is 119 Å². The summed E-state index contributed by atoms with van der Waals surface area (Å²) in [5.74, 6) is 0. The molecule has 15 heavy (non-hydrogen) atoms. The fraction of sp³-hybridized carbons (Fsp3) is 0. The number of hydrogen-bond donors (Lipinski definition) is 0. The SMILES string of the molecule is I[I-]I.c1cc(-c2cc[nH+]cc2)ccn1. The van der Waals surface area contributed by atoms with E-state index in [2.05, 4.69) is 47.2 Å². The maximum absolute atomic E-state index is 3.96. The Balaban J connectivity index is 0.000000337. The predicted octanol–water partition coefficient (Wildman–Crippen LogP) is 0.338. The van der Waals surface area contributed by atoms with Gasteiger partial charge in [0.1, 0.15) is 0 Å². The average Bonchev–Trinajstić information content (AvgIpc) is 2.32. The van der Waals surface area contributed by atoms with Crippen LogP contribution in [0.3, 0.4) is 0 Å². The Bertz CT molecular complexity index is 329. The van der Waals surface area contributed by atoms with Gasteiger partial charge in [-0.15, -0.1) is 0 Å². The van der Waals surface area contributed by atoms with Crippen molar-refractivity contribution in [1.29, 1.82) is 0 Å². The van der Waals surface area contributed by atoms with Gasteiger partial charge in [-0.2, -0.15) is 0 Å². The van der Waals surface area contributed by atoms with Gasteiger partial charge in [0, 0.05) is 24.5 Å². The van der Waals surface area contributed by atoms with Crippen molar-refractivity contribution in [2.24, 2.45) is 0 Å². The summed E-state index contributed by atoms with van der Waals surface area (Å²) in [6.07, 6.45) is 7.42. The number of aromatic amines is 1. The van der Waals surface area contributed by atoms with Gasteiger partial charge in [0.25, 0.3) is 0 Å². The third kappa shape index (κ3) is 5.38. The molecule has 0 aliphatic heterocycles. The van der Waals surface area contributed by atoms with E-state index in [9.17, 15) is 0 Å². The van der Waals surface area contributed by atoms with Crippen molar-refractivity contribution in [2.45, 2.75) is 0 Å². The molecule has 2 heterocycles. The summed E-state index contributed by atoms with van der Waals surface area (Å²) in [6, 6.07) is 8.06. The zero-order chi connectivity index (χ0) is 10.9. The molecule has 2 rings (SSSR count). The first-order valence-electron chi connectivity index (χ1n) is 4.12. The third-order valence-corrected chi connectivity index (χ3v) is 1.73. The summed E-state index contributed by atoms with van der Waals surface area (Å²) >= 11 is 5.30. The monoisotopic (exact) mass is 538 g/mol. The minimum Gasteiger partial charge on any atom is -0.265 e. The van der Waals surface area contributed by atoms with Crippen LogP contribution in [-0.2, 0) is 0 Å². The van der Waals surface area contributed by atoms with Crippen molar-refractivity contribution in [3.8, 4) is 11.1 Å². The van der Waals surface area contributed by atoms with Crippen LogP contribution in [0.1, 0.15) is 0 Å². The summed E-state index contributed by atoms with van der Waals surface area (Å²) < 4.78 is 0. The predicted molar refractivity (Wildman–Crippen MR) is 74.3 cm³/mol. The van der Waals surface area contributed by atoms with Gasteiger partial charge in [-0.05, 0) is 23.3 Å². The second-order valence-corrected chi connectivity index (χ2v) is 18.8. The number of nitrogens with one attached hydrogen (secondary N) is 1. The molecule has 0 aliphatic carbocycles. The first-order valence-corrected chi connectivity index (χ1v) is 16.7. The number of rotatable bonds is 1. The van der Waals surface area contributed by atoms with E-state index in [-0.39, 0.29) is 0 Å². The van der Waals surface area contributed by atoms with E-state index >= 15 is 0 Å². The van der Waals surface area contributed by atoms with Gasteiger partial charge in [0.05, 0.1) is 0 Å². The number of aromatic nitrogens is 2. The van der Waals surface area contributed by atoms with Gasteiger partial charge in [0.2, 0.25) is 0 Å². The van der Waals surface area contributed by atoms with Gasteiger partial charge in [0.15, 0.2) is 12.4 Å². The molecule has 0 saturated heterocycles. The molecule has 2 aromatic heterocycles. The van der Waals surface area contributed by atoms with Crippen molar-refractivity contribution in [2.75, 3.05) is 0 Å². The van der Waals surface area contributed by atoms with E-state index in [1.165, 1.54) is 11.1 Å². The van der Waals surface area contributed by atoms with Crippen LogP contribution in [0.2, 0.25) is 0 Å². The molecule has 2 nitrogen and oxygen atoms in total. The molecule has 0 aromatic carbocycles. The molecular formula is C10H9I3N2. The van der Waals surface area contributed by atoms with Crippen molar-refractivity contribution in [3.05, 3.63) is 49.1 Å². The largest absolute Gasteiger partial charge is 0.265 e. The van der Waals surface area contributed by atoms with Crippen LogP contribution in [0.5, 0.6) is 0 Å². The van der Waals surface area contributed by atoms with Crippen LogP contribution in [0.15, 0.2) is 49.1 Å². The molecule has 0 bridgehead atoms. The van der Waals surface area contributed by atoms with Crippen LogP contribution in [0.25, 0.3) is 11.1 Å². The molecule has 2 aromatic rings. The van der Waals surface area contributed by atoms with Crippen LogP contribution in [-0.4, -0.2) is 4.98 Å². The van der Waals surface area contributed by atoms with E-state index in [0.29, 0.717) is 13.3 Å². The Hall–Kier alpha value is 0.490. The van der Waals surface area contributed by atoms with E-state index in [1.54, 1.807) is 12.4 Å². The van der Waals surface area contributed by atoms with Crippen molar-refractivity contribution in [1.82, 2.24) is 4.98 Å². The molecule has 0 atom stereocenters. The summed E-state index contributed by atoms with van der Waals surface area (Å²) in [6.45, 7) is 0.